The number of ether oxygens (including phenoxy) is 2. The molecule has 1 unspecified atom stereocenters. The Hall–Kier alpha value is -2.01. The molecular formula is C16H22N2O3. The van der Waals surface area contributed by atoms with Crippen molar-refractivity contribution in [3.05, 3.63) is 40.8 Å². The van der Waals surface area contributed by atoms with Gasteiger partial charge in [-0.3, -0.25) is 0 Å². The number of aromatic nitrogens is 1. The third-order valence-electron chi connectivity index (χ3n) is 3.80. The van der Waals surface area contributed by atoms with E-state index >= 15 is 0 Å². The van der Waals surface area contributed by atoms with Crippen LogP contribution in [0.5, 0.6) is 11.5 Å². The zero-order valence-corrected chi connectivity index (χ0v) is 13.0. The molecule has 1 aromatic carbocycles. The van der Waals surface area contributed by atoms with Gasteiger partial charge in [-0.25, -0.2) is 0 Å². The minimum atomic E-state index is 0.141. The van der Waals surface area contributed by atoms with Gasteiger partial charge in [0.1, 0.15) is 17.3 Å². The molecule has 1 aromatic heterocycles. The van der Waals surface area contributed by atoms with Crippen molar-refractivity contribution in [3.63, 3.8) is 0 Å². The highest BCUT2D eigenvalue weighted by Gasteiger charge is 2.20. The molecule has 2 N–H and O–H groups in total. The average molecular weight is 290 g/mol. The van der Waals surface area contributed by atoms with Crippen molar-refractivity contribution in [1.29, 1.82) is 0 Å². The van der Waals surface area contributed by atoms with Gasteiger partial charge in [-0.15, -0.1) is 0 Å². The van der Waals surface area contributed by atoms with Crippen molar-refractivity contribution in [2.24, 2.45) is 5.73 Å². The third-order valence-corrected chi connectivity index (χ3v) is 3.80. The Labute approximate surface area is 125 Å². The van der Waals surface area contributed by atoms with Crippen molar-refractivity contribution >= 4 is 0 Å². The van der Waals surface area contributed by atoms with Crippen LogP contribution in [0.3, 0.4) is 0 Å². The summed E-state index contributed by atoms with van der Waals surface area (Å²) in [7, 11) is 3.29. The lowest BCUT2D eigenvalue weighted by Gasteiger charge is -2.19. The van der Waals surface area contributed by atoms with Crippen LogP contribution in [0.15, 0.2) is 22.7 Å². The van der Waals surface area contributed by atoms with Gasteiger partial charge in [-0.2, -0.15) is 0 Å². The molecule has 0 fully saturated rings. The van der Waals surface area contributed by atoms with Crippen molar-refractivity contribution in [1.82, 2.24) is 5.16 Å². The molecule has 0 saturated carbocycles. The lowest BCUT2D eigenvalue weighted by Crippen LogP contribution is -2.16. The maximum absolute atomic E-state index is 5.98. The molecule has 0 spiro atoms. The number of aryl methyl sites for hydroxylation is 2. The van der Waals surface area contributed by atoms with Crippen molar-refractivity contribution in [3.8, 4) is 11.5 Å². The van der Waals surface area contributed by atoms with Crippen LogP contribution in [0, 0.1) is 13.8 Å². The minimum Gasteiger partial charge on any atom is -0.497 e. The first-order valence-electron chi connectivity index (χ1n) is 6.94. The zero-order valence-electron chi connectivity index (χ0n) is 13.0. The molecule has 1 atom stereocenters. The molecule has 0 saturated heterocycles. The van der Waals surface area contributed by atoms with Gasteiger partial charge in [-0.1, -0.05) is 11.2 Å². The van der Waals surface area contributed by atoms with Gasteiger partial charge in [0.2, 0.25) is 0 Å². The summed E-state index contributed by atoms with van der Waals surface area (Å²) in [6.45, 7) is 4.39. The standard InChI is InChI=1S/C16H22N2O3/c1-10-15(11(2)21-18-10)7-12(9-17)14-6-5-13(19-3)8-16(14)20-4/h5-6,8,12H,7,9,17H2,1-4H3. The predicted octanol–water partition coefficient (Wildman–Crippen LogP) is 2.59. The molecular weight excluding hydrogens is 268 g/mol. The van der Waals surface area contributed by atoms with Crippen LogP contribution in [0.4, 0.5) is 0 Å². The summed E-state index contributed by atoms with van der Waals surface area (Å²) in [6.07, 6.45) is 0.778. The minimum absolute atomic E-state index is 0.141. The van der Waals surface area contributed by atoms with Gasteiger partial charge in [0.15, 0.2) is 0 Å². The Morgan fingerprint density at radius 2 is 2.00 bits per heavy atom. The maximum Gasteiger partial charge on any atom is 0.137 e. The van der Waals surface area contributed by atoms with Crippen LogP contribution in [0.2, 0.25) is 0 Å². The quantitative estimate of drug-likeness (QED) is 0.885. The Kier molecular flexibility index (Phi) is 4.85. The second kappa shape index (κ2) is 6.63. The zero-order chi connectivity index (χ0) is 15.4. The number of nitrogens with two attached hydrogens (primary N) is 1. The van der Waals surface area contributed by atoms with E-state index in [0.717, 1.165) is 40.5 Å². The molecule has 0 radical (unpaired) electrons. The van der Waals surface area contributed by atoms with Gasteiger partial charge in [0.25, 0.3) is 0 Å². The largest absolute Gasteiger partial charge is 0.497 e. The van der Waals surface area contributed by atoms with E-state index in [1.165, 1.54) is 0 Å². The number of benzene rings is 1. The van der Waals surface area contributed by atoms with E-state index < -0.39 is 0 Å². The average Bonchev–Trinajstić information content (AvgIpc) is 2.83. The molecule has 1 heterocycles. The van der Waals surface area contributed by atoms with E-state index in [2.05, 4.69) is 5.16 Å². The summed E-state index contributed by atoms with van der Waals surface area (Å²) in [6, 6.07) is 5.81. The fourth-order valence-corrected chi connectivity index (χ4v) is 2.52. The van der Waals surface area contributed by atoms with Gasteiger partial charge >= 0.3 is 0 Å². The fraction of sp³-hybridized carbons (Fsp3) is 0.438. The Morgan fingerprint density at radius 3 is 2.52 bits per heavy atom. The van der Waals surface area contributed by atoms with E-state index in [1.54, 1.807) is 14.2 Å². The predicted molar refractivity (Wildman–Crippen MR) is 81.0 cm³/mol. The Morgan fingerprint density at radius 1 is 1.24 bits per heavy atom. The molecule has 2 aromatic rings. The lowest BCUT2D eigenvalue weighted by molar-refractivity contribution is 0.387. The number of nitrogens with zero attached hydrogens (tertiary/aromatic N) is 1. The van der Waals surface area contributed by atoms with Crippen LogP contribution in [-0.4, -0.2) is 25.9 Å². The van der Waals surface area contributed by atoms with E-state index in [9.17, 15) is 0 Å². The van der Waals surface area contributed by atoms with E-state index in [4.69, 9.17) is 19.7 Å². The van der Waals surface area contributed by atoms with Gasteiger partial charge in [0.05, 0.1) is 19.9 Å². The normalized spacial score (nSPS) is 12.2. The second-order valence-corrected chi connectivity index (χ2v) is 5.05. The molecule has 5 heteroatoms. The summed E-state index contributed by atoms with van der Waals surface area (Å²) >= 11 is 0. The maximum atomic E-state index is 5.98. The SMILES string of the molecule is COc1ccc(C(CN)Cc2c(C)noc2C)c(OC)c1. The smallest absolute Gasteiger partial charge is 0.137 e. The van der Waals surface area contributed by atoms with E-state index in [1.807, 2.05) is 32.0 Å². The molecule has 0 aliphatic carbocycles. The van der Waals surface area contributed by atoms with Crippen LogP contribution < -0.4 is 15.2 Å². The second-order valence-electron chi connectivity index (χ2n) is 5.05. The molecule has 2 rings (SSSR count). The molecule has 114 valence electrons. The summed E-state index contributed by atoms with van der Waals surface area (Å²) in [4.78, 5) is 0. The number of rotatable bonds is 6. The first kappa shape index (κ1) is 15.4. The first-order valence-corrected chi connectivity index (χ1v) is 6.94. The van der Waals surface area contributed by atoms with Crippen LogP contribution in [0.1, 0.15) is 28.5 Å². The molecule has 0 amide bonds. The first-order chi connectivity index (χ1) is 10.1. The Balaban J connectivity index is 2.33. The van der Waals surface area contributed by atoms with Gasteiger partial charge < -0.3 is 19.7 Å². The summed E-state index contributed by atoms with van der Waals surface area (Å²) in [5, 5.41) is 4.00. The molecule has 0 bridgehead atoms. The van der Waals surface area contributed by atoms with Crippen LogP contribution >= 0.6 is 0 Å². The van der Waals surface area contributed by atoms with Crippen molar-refractivity contribution < 1.29 is 14.0 Å². The molecule has 21 heavy (non-hydrogen) atoms. The molecule has 0 aliphatic rings. The lowest BCUT2D eigenvalue weighted by atomic mass is 9.90. The number of methoxy groups -OCH3 is 2. The summed E-state index contributed by atoms with van der Waals surface area (Å²) in [5.41, 5.74) is 9.08. The van der Waals surface area contributed by atoms with E-state index in [-0.39, 0.29) is 5.92 Å². The fourth-order valence-electron chi connectivity index (χ4n) is 2.52. The number of hydrogen-bond donors (Lipinski definition) is 1. The molecule has 5 nitrogen and oxygen atoms in total. The van der Waals surface area contributed by atoms with Crippen molar-refractivity contribution in [2.45, 2.75) is 26.2 Å². The molecule has 0 aliphatic heterocycles. The van der Waals surface area contributed by atoms with Gasteiger partial charge in [0, 0.05) is 17.5 Å². The highest BCUT2D eigenvalue weighted by Crippen LogP contribution is 2.33. The topological polar surface area (TPSA) is 70.5 Å². The van der Waals surface area contributed by atoms with Gasteiger partial charge in [-0.05, 0) is 38.4 Å². The van der Waals surface area contributed by atoms with Crippen molar-refractivity contribution in [2.75, 3.05) is 20.8 Å². The highest BCUT2D eigenvalue weighted by molar-refractivity contribution is 5.43. The monoisotopic (exact) mass is 290 g/mol. The van der Waals surface area contributed by atoms with Crippen LogP contribution in [0.25, 0.3) is 0 Å². The highest BCUT2D eigenvalue weighted by atomic mass is 16.5. The van der Waals surface area contributed by atoms with E-state index in [0.29, 0.717) is 6.54 Å². The summed E-state index contributed by atoms with van der Waals surface area (Å²) in [5.74, 6) is 2.54. The number of hydrogen-bond acceptors (Lipinski definition) is 5. The Bertz CT molecular complexity index is 588. The van der Waals surface area contributed by atoms with Crippen LogP contribution in [-0.2, 0) is 6.42 Å². The third kappa shape index (κ3) is 3.19. The summed E-state index contributed by atoms with van der Waals surface area (Å²) < 4.78 is 15.9.